The summed E-state index contributed by atoms with van der Waals surface area (Å²) in [7, 11) is 0. The maximum absolute atomic E-state index is 12.8. The highest BCUT2D eigenvalue weighted by Crippen LogP contribution is 2.20. The van der Waals surface area contributed by atoms with Crippen LogP contribution < -0.4 is 0 Å². The van der Waals surface area contributed by atoms with E-state index in [2.05, 4.69) is 13.8 Å². The van der Waals surface area contributed by atoms with Gasteiger partial charge in [0.1, 0.15) is 6.10 Å². The first-order valence-electron chi connectivity index (χ1n) is 24.0. The lowest BCUT2D eigenvalue weighted by molar-refractivity contribution is -0.150. The smallest absolute Gasteiger partial charge is 0.306 e. The normalized spacial score (nSPS) is 12.0. The Balaban J connectivity index is 3.90. The molecule has 4 nitrogen and oxygen atoms in total. The standard InChI is InChI=1S/C48H94O4/c1-3-5-7-9-11-13-15-17-19-20-21-22-24-26-28-30-32-37-41-45-48(51)52-46(43-39-35-33-36-40-44-47(49)50)42-38-34-31-29-27-25-23-18-16-14-12-10-8-6-4-2/h46H,3-45H2,1-2H3,(H,49,50). The van der Waals surface area contributed by atoms with E-state index >= 15 is 0 Å². The number of hydrogen-bond donors (Lipinski definition) is 1. The van der Waals surface area contributed by atoms with E-state index in [9.17, 15) is 9.59 Å². The van der Waals surface area contributed by atoms with E-state index in [1.807, 2.05) is 0 Å². The number of carbonyl (C=O) groups is 2. The predicted octanol–water partition coefficient (Wildman–Crippen LogP) is 16.8. The van der Waals surface area contributed by atoms with Gasteiger partial charge in [0.15, 0.2) is 0 Å². The number of carbonyl (C=O) groups excluding carboxylic acids is 1. The Labute approximate surface area is 326 Å². The number of carboxylic acids is 1. The van der Waals surface area contributed by atoms with Gasteiger partial charge in [-0.3, -0.25) is 9.59 Å². The molecule has 1 atom stereocenters. The summed E-state index contributed by atoms with van der Waals surface area (Å²) >= 11 is 0. The lowest BCUT2D eigenvalue weighted by atomic mass is 10.0. The fraction of sp³-hybridized carbons (Fsp3) is 0.958. The minimum atomic E-state index is -0.694. The molecule has 52 heavy (non-hydrogen) atoms. The van der Waals surface area contributed by atoms with Gasteiger partial charge in [-0.2, -0.15) is 0 Å². The van der Waals surface area contributed by atoms with Gasteiger partial charge >= 0.3 is 11.9 Å². The second-order valence-electron chi connectivity index (χ2n) is 16.7. The van der Waals surface area contributed by atoms with E-state index in [0.717, 1.165) is 64.2 Å². The van der Waals surface area contributed by atoms with E-state index in [-0.39, 0.29) is 18.5 Å². The van der Waals surface area contributed by atoms with Crippen LogP contribution in [0.2, 0.25) is 0 Å². The molecular weight excluding hydrogens is 641 g/mol. The summed E-state index contributed by atoms with van der Waals surface area (Å²) < 4.78 is 6.05. The van der Waals surface area contributed by atoms with Gasteiger partial charge in [-0.15, -0.1) is 0 Å². The summed E-state index contributed by atoms with van der Waals surface area (Å²) in [6, 6.07) is 0. The third kappa shape index (κ3) is 43.3. The minimum Gasteiger partial charge on any atom is -0.481 e. The maximum atomic E-state index is 12.8. The Morgan fingerprint density at radius 3 is 0.846 bits per heavy atom. The number of esters is 1. The van der Waals surface area contributed by atoms with Gasteiger partial charge < -0.3 is 9.84 Å². The Morgan fingerprint density at radius 1 is 0.346 bits per heavy atom. The molecule has 0 aliphatic carbocycles. The van der Waals surface area contributed by atoms with Crippen LogP contribution in [-0.4, -0.2) is 23.1 Å². The topological polar surface area (TPSA) is 63.6 Å². The highest BCUT2D eigenvalue weighted by atomic mass is 16.5. The van der Waals surface area contributed by atoms with Crippen LogP contribution in [0.15, 0.2) is 0 Å². The summed E-state index contributed by atoms with van der Waals surface area (Å²) in [5, 5.41) is 8.86. The van der Waals surface area contributed by atoms with Crippen LogP contribution in [0.5, 0.6) is 0 Å². The van der Waals surface area contributed by atoms with Crippen molar-refractivity contribution in [1.29, 1.82) is 0 Å². The van der Waals surface area contributed by atoms with Crippen LogP contribution >= 0.6 is 0 Å². The lowest BCUT2D eigenvalue weighted by Gasteiger charge is -2.18. The van der Waals surface area contributed by atoms with E-state index in [1.54, 1.807) is 0 Å². The van der Waals surface area contributed by atoms with Crippen molar-refractivity contribution in [2.45, 2.75) is 296 Å². The lowest BCUT2D eigenvalue weighted by Crippen LogP contribution is -2.18. The van der Waals surface area contributed by atoms with Crippen LogP contribution in [0, 0.1) is 0 Å². The third-order valence-corrected chi connectivity index (χ3v) is 11.3. The van der Waals surface area contributed by atoms with Crippen molar-refractivity contribution in [1.82, 2.24) is 0 Å². The molecule has 4 heteroatoms. The number of ether oxygens (including phenoxy) is 1. The van der Waals surface area contributed by atoms with Crippen molar-refractivity contribution in [2.24, 2.45) is 0 Å². The molecule has 1 unspecified atom stereocenters. The van der Waals surface area contributed by atoms with Crippen molar-refractivity contribution >= 4 is 11.9 Å². The fourth-order valence-electron chi connectivity index (χ4n) is 7.78. The fourth-order valence-corrected chi connectivity index (χ4v) is 7.78. The van der Waals surface area contributed by atoms with Crippen molar-refractivity contribution in [3.63, 3.8) is 0 Å². The molecular formula is C48H94O4. The van der Waals surface area contributed by atoms with E-state index in [0.29, 0.717) is 6.42 Å². The minimum absolute atomic E-state index is 0.0133. The van der Waals surface area contributed by atoms with Gasteiger partial charge in [-0.1, -0.05) is 239 Å². The average Bonchev–Trinajstić information content (AvgIpc) is 3.13. The molecule has 0 bridgehead atoms. The number of aliphatic carboxylic acids is 1. The van der Waals surface area contributed by atoms with Crippen LogP contribution in [-0.2, 0) is 14.3 Å². The average molecular weight is 735 g/mol. The molecule has 310 valence electrons. The van der Waals surface area contributed by atoms with E-state index in [4.69, 9.17) is 9.84 Å². The van der Waals surface area contributed by atoms with Crippen molar-refractivity contribution in [3.8, 4) is 0 Å². The summed E-state index contributed by atoms with van der Waals surface area (Å²) in [4.78, 5) is 23.5. The van der Waals surface area contributed by atoms with E-state index < -0.39 is 5.97 Å². The van der Waals surface area contributed by atoms with Crippen molar-refractivity contribution in [2.75, 3.05) is 0 Å². The Kier molecular flexibility index (Phi) is 43.4. The largest absolute Gasteiger partial charge is 0.481 e. The van der Waals surface area contributed by atoms with Crippen molar-refractivity contribution < 1.29 is 19.4 Å². The van der Waals surface area contributed by atoms with Gasteiger partial charge in [0, 0.05) is 12.8 Å². The predicted molar refractivity (Wildman–Crippen MR) is 227 cm³/mol. The first-order chi connectivity index (χ1) is 25.6. The third-order valence-electron chi connectivity index (χ3n) is 11.3. The molecule has 0 saturated carbocycles. The van der Waals surface area contributed by atoms with Gasteiger partial charge in [0.05, 0.1) is 0 Å². The zero-order valence-electron chi connectivity index (χ0n) is 35.7. The van der Waals surface area contributed by atoms with E-state index in [1.165, 1.54) is 199 Å². The van der Waals surface area contributed by atoms with Crippen LogP contribution in [0.25, 0.3) is 0 Å². The molecule has 0 heterocycles. The summed E-state index contributed by atoms with van der Waals surface area (Å²) in [6.45, 7) is 4.58. The second-order valence-corrected chi connectivity index (χ2v) is 16.7. The summed E-state index contributed by atoms with van der Waals surface area (Å²) in [5.41, 5.74) is 0. The molecule has 0 rings (SSSR count). The zero-order chi connectivity index (χ0) is 37.8. The molecule has 1 N–H and O–H groups in total. The van der Waals surface area contributed by atoms with Crippen molar-refractivity contribution in [3.05, 3.63) is 0 Å². The number of rotatable bonds is 45. The number of carboxylic acid groups (broad SMARTS) is 1. The van der Waals surface area contributed by atoms with Crippen LogP contribution in [0.4, 0.5) is 0 Å². The first-order valence-corrected chi connectivity index (χ1v) is 24.0. The molecule has 0 radical (unpaired) electrons. The number of hydrogen-bond acceptors (Lipinski definition) is 3. The molecule has 0 aliphatic heterocycles. The summed E-state index contributed by atoms with van der Waals surface area (Å²) in [6.07, 6.45) is 54.3. The highest BCUT2D eigenvalue weighted by molar-refractivity contribution is 5.69. The first kappa shape index (κ1) is 50.9. The zero-order valence-corrected chi connectivity index (χ0v) is 35.7. The molecule has 0 saturated heterocycles. The molecule has 0 fully saturated rings. The van der Waals surface area contributed by atoms with Gasteiger partial charge in [0.25, 0.3) is 0 Å². The quantitative estimate of drug-likeness (QED) is 0.0500. The Bertz CT molecular complexity index is 706. The maximum Gasteiger partial charge on any atom is 0.306 e. The molecule has 0 amide bonds. The van der Waals surface area contributed by atoms with Gasteiger partial charge in [0.2, 0.25) is 0 Å². The van der Waals surface area contributed by atoms with Crippen LogP contribution in [0.1, 0.15) is 290 Å². The summed E-state index contributed by atoms with van der Waals surface area (Å²) in [5.74, 6) is -0.681. The molecule has 0 aromatic carbocycles. The van der Waals surface area contributed by atoms with Crippen LogP contribution in [0.3, 0.4) is 0 Å². The van der Waals surface area contributed by atoms with Gasteiger partial charge in [-0.05, 0) is 38.5 Å². The molecule has 0 aliphatic rings. The second kappa shape index (κ2) is 44.3. The van der Waals surface area contributed by atoms with Gasteiger partial charge in [-0.25, -0.2) is 0 Å². The molecule has 0 aromatic heterocycles. The number of unbranched alkanes of at least 4 members (excludes halogenated alkanes) is 36. The highest BCUT2D eigenvalue weighted by Gasteiger charge is 2.14. The molecule has 0 spiro atoms. The monoisotopic (exact) mass is 735 g/mol. The Morgan fingerprint density at radius 2 is 0.577 bits per heavy atom. The molecule has 0 aromatic rings. The SMILES string of the molecule is CCCCCCCCCCCCCCCCCCCCCC(=O)OC(CCCCCCCCCCCCCCCCC)CCCCCCCC(=O)O. The Hall–Kier alpha value is -1.06.